The number of hydrogen-bond acceptors (Lipinski definition) is 5. The lowest BCUT2D eigenvalue weighted by atomic mass is 9.97. The van der Waals surface area contributed by atoms with E-state index in [9.17, 15) is 4.79 Å². The van der Waals surface area contributed by atoms with Gasteiger partial charge in [-0.05, 0) is 40.0 Å². The van der Waals surface area contributed by atoms with Crippen LogP contribution in [0.5, 0.6) is 0 Å². The molecule has 0 spiro atoms. The molecule has 0 bridgehead atoms. The Bertz CT molecular complexity index is 640. The molecule has 1 N–H and O–H groups in total. The van der Waals surface area contributed by atoms with Crippen LogP contribution < -0.4 is 5.32 Å². The number of carbonyl (C=O) groups excluding carboxylic acids is 1. The van der Waals surface area contributed by atoms with E-state index >= 15 is 0 Å². The van der Waals surface area contributed by atoms with Crippen LogP contribution in [0.3, 0.4) is 0 Å². The number of carbonyl (C=O) groups is 1. The van der Waals surface area contributed by atoms with Gasteiger partial charge in [0.2, 0.25) is 0 Å². The number of rotatable bonds is 2. The molecule has 1 amide bonds. The van der Waals surface area contributed by atoms with Crippen LogP contribution in [0.15, 0.2) is 4.52 Å². The van der Waals surface area contributed by atoms with Crippen molar-refractivity contribution in [1.29, 1.82) is 0 Å². The van der Waals surface area contributed by atoms with E-state index in [1.807, 2.05) is 6.92 Å². The van der Waals surface area contributed by atoms with Crippen molar-refractivity contribution in [2.75, 3.05) is 0 Å². The van der Waals surface area contributed by atoms with Gasteiger partial charge in [-0.2, -0.15) is 0 Å². The van der Waals surface area contributed by atoms with Crippen LogP contribution in [0.25, 0.3) is 0 Å². The topological polar surface area (TPSA) is 68.0 Å². The van der Waals surface area contributed by atoms with E-state index in [0.29, 0.717) is 17.0 Å². The molecule has 2 aromatic heterocycles. The van der Waals surface area contributed by atoms with Gasteiger partial charge in [0.15, 0.2) is 0 Å². The van der Waals surface area contributed by atoms with Gasteiger partial charge >= 0.3 is 0 Å². The third-order valence-electron chi connectivity index (χ3n) is 3.63. The summed E-state index contributed by atoms with van der Waals surface area (Å²) in [5.41, 5.74) is 2.22. The highest BCUT2D eigenvalue weighted by molar-refractivity contribution is 7.11. The van der Waals surface area contributed by atoms with Crippen LogP contribution in [-0.2, 0) is 6.42 Å². The Morgan fingerprint density at radius 2 is 2.20 bits per heavy atom. The van der Waals surface area contributed by atoms with E-state index in [2.05, 4.69) is 15.5 Å². The van der Waals surface area contributed by atoms with Gasteiger partial charge in [-0.3, -0.25) is 4.79 Å². The van der Waals surface area contributed by atoms with Crippen molar-refractivity contribution in [1.82, 2.24) is 15.5 Å². The second kappa shape index (κ2) is 5.01. The highest BCUT2D eigenvalue weighted by Gasteiger charge is 2.27. The van der Waals surface area contributed by atoms with Crippen LogP contribution in [-0.4, -0.2) is 16.0 Å². The number of amides is 1. The molecule has 0 aliphatic heterocycles. The van der Waals surface area contributed by atoms with Gasteiger partial charge in [0, 0.05) is 4.88 Å². The summed E-state index contributed by atoms with van der Waals surface area (Å²) in [7, 11) is 0. The smallest absolute Gasteiger partial charge is 0.257 e. The number of hydrogen-bond donors (Lipinski definition) is 1. The zero-order valence-electron chi connectivity index (χ0n) is 11.8. The van der Waals surface area contributed by atoms with Crippen molar-refractivity contribution in [2.45, 2.75) is 46.1 Å². The van der Waals surface area contributed by atoms with E-state index in [0.717, 1.165) is 30.0 Å². The minimum atomic E-state index is -0.121. The molecule has 1 aliphatic carbocycles. The highest BCUT2D eigenvalue weighted by Crippen LogP contribution is 2.33. The number of fused-ring (bicyclic) bond motifs is 1. The fraction of sp³-hybridized carbons (Fsp3) is 0.500. The molecule has 2 aromatic rings. The first-order chi connectivity index (χ1) is 9.56. The summed E-state index contributed by atoms with van der Waals surface area (Å²) in [6.45, 7) is 5.55. The number of thiazole rings is 1. The molecule has 106 valence electrons. The number of nitrogens with one attached hydrogen (secondary N) is 1. The molecule has 1 atom stereocenters. The Hall–Kier alpha value is -1.69. The number of aryl methyl sites for hydroxylation is 4. The Morgan fingerprint density at radius 1 is 1.40 bits per heavy atom. The lowest BCUT2D eigenvalue weighted by Crippen LogP contribution is -2.31. The van der Waals surface area contributed by atoms with Crippen molar-refractivity contribution < 1.29 is 9.32 Å². The minimum absolute atomic E-state index is 0.00454. The lowest BCUT2D eigenvalue weighted by Gasteiger charge is -2.22. The first kappa shape index (κ1) is 13.3. The van der Waals surface area contributed by atoms with Crippen molar-refractivity contribution in [3.8, 4) is 0 Å². The van der Waals surface area contributed by atoms with Gasteiger partial charge in [0.05, 0.1) is 22.4 Å². The van der Waals surface area contributed by atoms with E-state index in [-0.39, 0.29) is 11.9 Å². The molecular formula is C14H17N3O2S. The summed E-state index contributed by atoms with van der Waals surface area (Å²) in [4.78, 5) is 18.3. The van der Waals surface area contributed by atoms with Gasteiger partial charge in [-0.15, -0.1) is 11.3 Å². The van der Waals surface area contributed by atoms with Gasteiger partial charge < -0.3 is 9.84 Å². The fourth-order valence-electron chi connectivity index (χ4n) is 2.72. The second-order valence-corrected chi connectivity index (χ2v) is 6.45. The third kappa shape index (κ3) is 2.24. The van der Waals surface area contributed by atoms with Crippen molar-refractivity contribution in [3.63, 3.8) is 0 Å². The summed E-state index contributed by atoms with van der Waals surface area (Å²) < 4.78 is 5.05. The number of nitrogens with zero attached hydrogens (tertiary/aromatic N) is 2. The van der Waals surface area contributed by atoms with Crippen molar-refractivity contribution >= 4 is 17.2 Å². The first-order valence-electron chi connectivity index (χ1n) is 6.76. The molecule has 0 saturated heterocycles. The van der Waals surface area contributed by atoms with Crippen LogP contribution in [0.2, 0.25) is 0 Å². The molecule has 0 fully saturated rings. The largest absolute Gasteiger partial charge is 0.361 e. The molecule has 2 heterocycles. The maximum Gasteiger partial charge on any atom is 0.257 e. The average Bonchev–Trinajstić information content (AvgIpc) is 2.92. The molecule has 1 aliphatic rings. The molecule has 0 saturated carbocycles. The maximum atomic E-state index is 12.4. The van der Waals surface area contributed by atoms with E-state index < -0.39 is 0 Å². The van der Waals surface area contributed by atoms with Gasteiger partial charge in [0.25, 0.3) is 5.91 Å². The molecule has 20 heavy (non-hydrogen) atoms. The van der Waals surface area contributed by atoms with Crippen LogP contribution in [0, 0.1) is 20.8 Å². The molecule has 1 unspecified atom stereocenters. The summed E-state index contributed by atoms with van der Waals surface area (Å²) in [5, 5.41) is 7.97. The average molecular weight is 291 g/mol. The van der Waals surface area contributed by atoms with Gasteiger partial charge in [0.1, 0.15) is 11.3 Å². The summed E-state index contributed by atoms with van der Waals surface area (Å²) in [6.07, 6.45) is 3.09. The Labute approximate surface area is 121 Å². The predicted molar refractivity (Wildman–Crippen MR) is 76.0 cm³/mol. The molecule has 0 aromatic carbocycles. The van der Waals surface area contributed by atoms with E-state index in [4.69, 9.17) is 4.52 Å². The molecule has 3 rings (SSSR count). The predicted octanol–water partition coefficient (Wildman–Crippen LogP) is 2.86. The standard InChI is InChI=1S/C14H17N3O2S/c1-7-12(8(2)19-17-7)14(18)16-10-5-4-6-11-13(10)15-9(3)20-11/h10H,4-6H2,1-3H3,(H,16,18). The zero-order valence-corrected chi connectivity index (χ0v) is 12.6. The maximum absolute atomic E-state index is 12.4. The number of aromatic nitrogens is 2. The molecule has 6 heteroatoms. The van der Waals surface area contributed by atoms with Gasteiger partial charge in [-0.1, -0.05) is 5.16 Å². The third-order valence-corrected chi connectivity index (χ3v) is 4.67. The monoisotopic (exact) mass is 291 g/mol. The van der Waals surface area contributed by atoms with E-state index in [1.165, 1.54) is 4.88 Å². The van der Waals surface area contributed by atoms with Crippen molar-refractivity contribution in [2.24, 2.45) is 0 Å². The van der Waals surface area contributed by atoms with Gasteiger partial charge in [-0.25, -0.2) is 4.98 Å². The quantitative estimate of drug-likeness (QED) is 0.923. The SMILES string of the molecule is Cc1nc2c(s1)CCCC2NC(=O)c1c(C)noc1C. The van der Waals surface area contributed by atoms with Crippen LogP contribution in [0.4, 0.5) is 0 Å². The van der Waals surface area contributed by atoms with Crippen LogP contribution in [0.1, 0.15) is 56.3 Å². The van der Waals surface area contributed by atoms with Crippen molar-refractivity contribution in [3.05, 3.63) is 32.6 Å². The molecule has 5 nitrogen and oxygen atoms in total. The summed E-state index contributed by atoms with van der Waals surface area (Å²) >= 11 is 1.73. The first-order valence-corrected chi connectivity index (χ1v) is 7.58. The van der Waals surface area contributed by atoms with Crippen LogP contribution >= 0.6 is 11.3 Å². The minimum Gasteiger partial charge on any atom is -0.361 e. The summed E-state index contributed by atoms with van der Waals surface area (Å²) in [6, 6.07) is 0.00454. The normalized spacial score (nSPS) is 17.9. The second-order valence-electron chi connectivity index (χ2n) is 5.16. The zero-order chi connectivity index (χ0) is 14.3. The molecule has 0 radical (unpaired) electrons. The fourth-order valence-corrected chi connectivity index (χ4v) is 3.76. The Kier molecular flexibility index (Phi) is 3.33. The molecular weight excluding hydrogens is 274 g/mol. The summed E-state index contributed by atoms with van der Waals surface area (Å²) in [5.74, 6) is 0.440. The van der Waals surface area contributed by atoms with E-state index in [1.54, 1.807) is 25.2 Å². The lowest BCUT2D eigenvalue weighted by molar-refractivity contribution is 0.0930. The highest BCUT2D eigenvalue weighted by atomic mass is 32.1. The Morgan fingerprint density at radius 3 is 2.90 bits per heavy atom. The Balaban J connectivity index is 1.84.